The van der Waals surface area contributed by atoms with Crippen LogP contribution in [0.5, 0.6) is 5.75 Å². The molecule has 152 valence electrons. The van der Waals surface area contributed by atoms with Crippen LogP contribution in [0.4, 0.5) is 0 Å². The number of esters is 1. The van der Waals surface area contributed by atoms with Gasteiger partial charge in [0.15, 0.2) is 12.4 Å². The topological polar surface area (TPSA) is 72.9 Å². The highest BCUT2D eigenvalue weighted by atomic mass is 16.6. The molecule has 0 bridgehead atoms. The van der Waals surface area contributed by atoms with Crippen LogP contribution in [0.3, 0.4) is 0 Å². The van der Waals surface area contributed by atoms with Gasteiger partial charge in [-0.15, -0.1) is 0 Å². The third-order valence-electron chi connectivity index (χ3n) is 4.86. The van der Waals surface area contributed by atoms with Crippen molar-refractivity contribution in [2.45, 2.75) is 32.3 Å². The van der Waals surface area contributed by atoms with Gasteiger partial charge in [-0.25, -0.2) is 4.79 Å². The van der Waals surface area contributed by atoms with E-state index in [1.54, 1.807) is 41.3 Å². The summed E-state index contributed by atoms with van der Waals surface area (Å²) in [4.78, 5) is 38.5. The molecule has 1 fully saturated rings. The van der Waals surface area contributed by atoms with Gasteiger partial charge in [-0.05, 0) is 50.5 Å². The van der Waals surface area contributed by atoms with Gasteiger partial charge in [0.1, 0.15) is 5.75 Å². The summed E-state index contributed by atoms with van der Waals surface area (Å²) in [5.41, 5.74) is 1.21. The van der Waals surface area contributed by atoms with E-state index in [1.807, 2.05) is 18.2 Å². The number of piperidine rings is 1. The molecule has 2 aromatic rings. The Hall–Kier alpha value is -3.15. The Labute approximate surface area is 170 Å². The van der Waals surface area contributed by atoms with Gasteiger partial charge in [-0.3, -0.25) is 9.59 Å². The summed E-state index contributed by atoms with van der Waals surface area (Å²) in [6.07, 6.45) is 2.04. The standard InChI is InChI=1S/C23H25NO5/c1-17(25)18-10-12-20(13-11-18)28-16-21(26)29-22(19-8-4-2-5-9-19)23(27)24-14-6-3-7-15-24/h2,4-5,8-13,22H,3,6-7,14-16H2,1H3/t22-/m0/s1. The number of carbonyl (C=O) groups is 3. The van der Waals surface area contributed by atoms with Gasteiger partial charge in [-0.1, -0.05) is 30.3 Å². The fourth-order valence-corrected chi connectivity index (χ4v) is 3.26. The van der Waals surface area contributed by atoms with E-state index < -0.39 is 12.1 Å². The molecule has 1 amide bonds. The van der Waals surface area contributed by atoms with Crippen LogP contribution in [0.15, 0.2) is 54.6 Å². The molecule has 2 aromatic carbocycles. The molecule has 1 atom stereocenters. The lowest BCUT2D eigenvalue weighted by Gasteiger charge is -2.30. The number of ether oxygens (including phenoxy) is 2. The van der Waals surface area contributed by atoms with Crippen LogP contribution in [-0.4, -0.2) is 42.3 Å². The van der Waals surface area contributed by atoms with Gasteiger partial charge >= 0.3 is 5.97 Å². The first-order chi connectivity index (χ1) is 14.0. The molecular formula is C23H25NO5. The maximum absolute atomic E-state index is 13.0. The Balaban J connectivity index is 1.64. The second kappa shape index (κ2) is 9.87. The number of hydrogen-bond donors (Lipinski definition) is 0. The fourth-order valence-electron chi connectivity index (χ4n) is 3.26. The van der Waals surface area contributed by atoms with Crippen LogP contribution in [0.25, 0.3) is 0 Å². The van der Waals surface area contributed by atoms with Crippen LogP contribution >= 0.6 is 0 Å². The van der Waals surface area contributed by atoms with E-state index in [-0.39, 0.29) is 18.3 Å². The van der Waals surface area contributed by atoms with Crippen molar-refractivity contribution in [3.8, 4) is 5.75 Å². The van der Waals surface area contributed by atoms with E-state index in [0.29, 0.717) is 30.0 Å². The van der Waals surface area contributed by atoms with Crippen molar-refractivity contribution in [1.29, 1.82) is 0 Å². The first-order valence-electron chi connectivity index (χ1n) is 9.81. The lowest BCUT2D eigenvalue weighted by molar-refractivity contribution is -0.163. The second-order valence-electron chi connectivity index (χ2n) is 7.04. The van der Waals surface area contributed by atoms with E-state index >= 15 is 0 Å². The average Bonchev–Trinajstić information content (AvgIpc) is 2.77. The Morgan fingerprint density at radius 3 is 2.21 bits per heavy atom. The van der Waals surface area contributed by atoms with Crippen LogP contribution < -0.4 is 4.74 Å². The molecule has 0 spiro atoms. The van der Waals surface area contributed by atoms with E-state index in [1.165, 1.54) is 6.92 Å². The number of Topliss-reactive ketones (excluding diaryl/α,β-unsaturated/α-hetero) is 1. The maximum atomic E-state index is 13.0. The number of benzene rings is 2. The molecule has 3 rings (SSSR count). The summed E-state index contributed by atoms with van der Waals surface area (Å²) in [6, 6.07) is 15.5. The lowest BCUT2D eigenvalue weighted by Crippen LogP contribution is -2.40. The van der Waals surface area contributed by atoms with Gasteiger partial charge < -0.3 is 14.4 Å². The van der Waals surface area contributed by atoms with Gasteiger partial charge in [-0.2, -0.15) is 0 Å². The summed E-state index contributed by atoms with van der Waals surface area (Å²) in [6.45, 7) is 2.52. The largest absolute Gasteiger partial charge is 0.482 e. The molecule has 0 aromatic heterocycles. The molecule has 0 aliphatic carbocycles. The highest BCUT2D eigenvalue weighted by molar-refractivity contribution is 5.94. The molecule has 0 radical (unpaired) electrons. The minimum absolute atomic E-state index is 0.0436. The lowest BCUT2D eigenvalue weighted by atomic mass is 10.1. The zero-order valence-corrected chi connectivity index (χ0v) is 16.5. The minimum Gasteiger partial charge on any atom is -0.482 e. The highest BCUT2D eigenvalue weighted by Crippen LogP contribution is 2.23. The molecule has 1 aliphatic heterocycles. The smallest absolute Gasteiger partial charge is 0.345 e. The molecule has 29 heavy (non-hydrogen) atoms. The van der Waals surface area contributed by atoms with Gasteiger partial charge in [0.25, 0.3) is 5.91 Å². The van der Waals surface area contributed by atoms with Crippen molar-refractivity contribution in [1.82, 2.24) is 4.90 Å². The molecule has 0 N–H and O–H groups in total. The zero-order valence-electron chi connectivity index (χ0n) is 16.5. The van der Waals surface area contributed by atoms with Crippen molar-refractivity contribution in [2.24, 2.45) is 0 Å². The van der Waals surface area contributed by atoms with Crippen molar-refractivity contribution in [3.63, 3.8) is 0 Å². The summed E-state index contributed by atoms with van der Waals surface area (Å²) in [7, 11) is 0. The third-order valence-corrected chi connectivity index (χ3v) is 4.86. The summed E-state index contributed by atoms with van der Waals surface area (Å²) >= 11 is 0. The predicted octanol–water partition coefficient (Wildman–Crippen LogP) is 3.57. The SMILES string of the molecule is CC(=O)c1ccc(OCC(=O)O[C@H](C(=O)N2CCCCC2)c2ccccc2)cc1. The average molecular weight is 395 g/mol. The highest BCUT2D eigenvalue weighted by Gasteiger charge is 2.30. The number of likely N-dealkylation sites (tertiary alicyclic amines) is 1. The number of ketones is 1. The van der Waals surface area contributed by atoms with Crippen molar-refractivity contribution >= 4 is 17.7 Å². The van der Waals surface area contributed by atoms with Crippen LogP contribution in [0.1, 0.15) is 48.2 Å². The van der Waals surface area contributed by atoms with Gasteiger partial charge in [0.2, 0.25) is 6.10 Å². The van der Waals surface area contributed by atoms with Crippen LogP contribution in [-0.2, 0) is 14.3 Å². The number of hydrogen-bond acceptors (Lipinski definition) is 5. The molecule has 6 heteroatoms. The third kappa shape index (κ3) is 5.67. The summed E-state index contributed by atoms with van der Waals surface area (Å²) < 4.78 is 11.0. The maximum Gasteiger partial charge on any atom is 0.345 e. The predicted molar refractivity (Wildman–Crippen MR) is 108 cm³/mol. The fraction of sp³-hybridized carbons (Fsp3) is 0.348. The van der Waals surface area contributed by atoms with Gasteiger partial charge in [0, 0.05) is 24.2 Å². The normalized spacial score (nSPS) is 14.7. The number of nitrogens with zero attached hydrogens (tertiary/aromatic N) is 1. The quantitative estimate of drug-likeness (QED) is 0.529. The molecule has 1 aliphatic rings. The molecule has 1 saturated heterocycles. The molecule has 0 saturated carbocycles. The summed E-state index contributed by atoms with van der Waals surface area (Å²) in [5.74, 6) is -0.418. The number of rotatable bonds is 7. The zero-order chi connectivity index (χ0) is 20.6. The number of carbonyl (C=O) groups excluding carboxylic acids is 3. The Kier molecular flexibility index (Phi) is 7.00. The van der Waals surface area contributed by atoms with E-state index in [2.05, 4.69) is 0 Å². The molecule has 0 unspecified atom stereocenters. The minimum atomic E-state index is -0.981. The summed E-state index contributed by atoms with van der Waals surface area (Å²) in [5, 5.41) is 0. The molecule has 1 heterocycles. The molecule has 6 nitrogen and oxygen atoms in total. The molecular weight excluding hydrogens is 370 g/mol. The van der Waals surface area contributed by atoms with E-state index in [4.69, 9.17) is 9.47 Å². The number of amides is 1. The first-order valence-corrected chi connectivity index (χ1v) is 9.81. The second-order valence-corrected chi connectivity index (χ2v) is 7.04. The monoisotopic (exact) mass is 395 g/mol. The van der Waals surface area contributed by atoms with Gasteiger partial charge in [0.05, 0.1) is 0 Å². The van der Waals surface area contributed by atoms with E-state index in [0.717, 1.165) is 19.3 Å². The first kappa shape index (κ1) is 20.6. The van der Waals surface area contributed by atoms with Crippen molar-refractivity contribution in [2.75, 3.05) is 19.7 Å². The van der Waals surface area contributed by atoms with Crippen LogP contribution in [0, 0.1) is 0 Å². The van der Waals surface area contributed by atoms with Crippen molar-refractivity contribution in [3.05, 3.63) is 65.7 Å². The van der Waals surface area contributed by atoms with Crippen molar-refractivity contribution < 1.29 is 23.9 Å². The Bertz CT molecular complexity index is 841. The van der Waals surface area contributed by atoms with Crippen LogP contribution in [0.2, 0.25) is 0 Å². The Morgan fingerprint density at radius 1 is 0.931 bits per heavy atom. The van der Waals surface area contributed by atoms with E-state index in [9.17, 15) is 14.4 Å². The Morgan fingerprint density at radius 2 is 1.59 bits per heavy atom.